The Hall–Kier alpha value is -4.11. The number of benzene rings is 1. The zero-order chi connectivity index (χ0) is 53.7. The van der Waals surface area contributed by atoms with Crippen LogP contribution in [0.25, 0.3) is 11.3 Å². The number of cyclic esters (lactones) is 1. The van der Waals surface area contributed by atoms with Gasteiger partial charge < -0.3 is 38.3 Å². The van der Waals surface area contributed by atoms with Crippen molar-refractivity contribution in [2.45, 2.75) is 151 Å². The van der Waals surface area contributed by atoms with Gasteiger partial charge in [0.2, 0.25) is 0 Å². The molecule has 22 heteroatoms. The Labute approximate surface area is 448 Å². The zero-order valence-corrected chi connectivity index (χ0v) is 47.0. The summed E-state index contributed by atoms with van der Waals surface area (Å²) in [5.74, 6) is -4.92. The van der Waals surface area contributed by atoms with Gasteiger partial charge in [-0.1, -0.05) is 38.1 Å². The van der Waals surface area contributed by atoms with Crippen LogP contribution in [0.1, 0.15) is 85.4 Å². The monoisotopic (exact) mass is 1160 g/mol. The number of aliphatic hydroxyl groups is 1. The Morgan fingerprint density at radius 3 is 2.41 bits per heavy atom. The third kappa shape index (κ3) is 13.3. The van der Waals surface area contributed by atoms with Crippen LogP contribution in [0.3, 0.4) is 0 Å². The van der Waals surface area contributed by atoms with E-state index in [1.807, 2.05) is 91.3 Å². The van der Waals surface area contributed by atoms with Gasteiger partial charge in [0.1, 0.15) is 23.4 Å². The fraction of sp³-hybridized carbons (Fsp3) is 0.635. The first kappa shape index (κ1) is 57.6. The molecule has 1 N–H and O–H groups in total. The van der Waals surface area contributed by atoms with Gasteiger partial charge in [0.05, 0.1) is 53.0 Å². The second-order valence-electron chi connectivity index (χ2n) is 20.8. The van der Waals surface area contributed by atoms with Gasteiger partial charge in [-0.25, -0.2) is 18.1 Å². The van der Waals surface area contributed by atoms with Gasteiger partial charge in [0.15, 0.2) is 32.8 Å². The molecule has 0 bridgehead atoms. The first-order valence-electron chi connectivity index (χ1n) is 25.3. The molecule has 6 heterocycles. The summed E-state index contributed by atoms with van der Waals surface area (Å²) >= 11 is 2.03. The van der Waals surface area contributed by atoms with E-state index in [2.05, 4.69) is 20.3 Å². The standard InChI is InChI=1S/C52H73IN8O12S/c1-32-25-51(6,68-9)47(72-49-45(64)42(24-33(2)71-49)58(8)23-19-39-28-60(57-56-39)27-37-15-17-40(18-16-37)74(10,66)67)35(4)44(63)36(5)48(65)73-50(53)52(7)46(34(3)43(32)62)61(70-31-69-52)22-12-11-21-59-29-41(55-30-59)38-14-13-20-54-26-38/h13-18,20,26,28-30,32-36,42,45-47,49-50,64H,11-12,19,21-25,27,31H2,1-10H3/t32-,33-,34+,35+,36-,42+,45-,46-,47-,49+,50+,51-,52+/m1/s1. The third-order valence-corrected chi connectivity index (χ3v) is 17.7. The Morgan fingerprint density at radius 1 is 0.986 bits per heavy atom. The first-order valence-corrected chi connectivity index (χ1v) is 28.5. The number of hydroxylamine groups is 2. The van der Waals surface area contributed by atoms with Crippen LogP contribution < -0.4 is 0 Å². The number of pyridine rings is 1. The van der Waals surface area contributed by atoms with Crippen LogP contribution in [0.4, 0.5) is 0 Å². The molecule has 1 aromatic carbocycles. The smallest absolute Gasteiger partial charge is 0.317 e. The van der Waals surface area contributed by atoms with Crippen LogP contribution in [0.15, 0.2) is 72.4 Å². The highest BCUT2D eigenvalue weighted by Gasteiger charge is 2.56. The number of aliphatic hydroxyl groups excluding tert-OH is 1. The van der Waals surface area contributed by atoms with Gasteiger partial charge in [-0.15, -0.1) is 5.10 Å². The number of esters is 1. The summed E-state index contributed by atoms with van der Waals surface area (Å²) in [5.41, 5.74) is 0.814. The summed E-state index contributed by atoms with van der Waals surface area (Å²) in [7, 11) is 0.0965. The minimum absolute atomic E-state index is 0.115. The van der Waals surface area contributed by atoms with Crippen molar-refractivity contribution in [3.05, 3.63) is 78.8 Å². The molecule has 7 rings (SSSR count). The lowest BCUT2D eigenvalue weighted by Crippen LogP contribution is -2.66. The van der Waals surface area contributed by atoms with E-state index in [1.54, 1.807) is 66.6 Å². The van der Waals surface area contributed by atoms with E-state index in [9.17, 15) is 27.9 Å². The van der Waals surface area contributed by atoms with Gasteiger partial charge >= 0.3 is 5.97 Å². The Bertz CT molecular complexity index is 2640. The Kier molecular flexibility index (Phi) is 19.1. The minimum Gasteiger partial charge on any atom is -0.448 e. The summed E-state index contributed by atoms with van der Waals surface area (Å²) < 4.78 is 58.5. The predicted octanol–water partition coefficient (Wildman–Crippen LogP) is 5.34. The minimum atomic E-state index is -3.31. The molecule has 0 saturated carbocycles. The van der Waals surface area contributed by atoms with Gasteiger partial charge in [0.25, 0.3) is 0 Å². The molecule has 0 aliphatic carbocycles. The zero-order valence-electron chi connectivity index (χ0n) is 44.1. The number of carbonyl (C=O) groups is 3. The van der Waals surface area contributed by atoms with Crippen molar-refractivity contribution in [2.24, 2.45) is 23.7 Å². The van der Waals surface area contributed by atoms with E-state index in [1.165, 1.54) is 20.3 Å². The number of halogens is 1. The quantitative estimate of drug-likeness (QED) is 0.0491. The number of aromatic nitrogens is 6. The number of fused-ring (bicyclic) bond motifs is 1. The lowest BCUT2D eigenvalue weighted by Gasteiger charge is -2.51. The van der Waals surface area contributed by atoms with Crippen molar-refractivity contribution in [3.8, 4) is 11.3 Å². The largest absolute Gasteiger partial charge is 0.448 e. The molecule has 20 nitrogen and oxygen atoms in total. The van der Waals surface area contributed by atoms with Crippen molar-refractivity contribution in [3.63, 3.8) is 0 Å². The van der Waals surface area contributed by atoms with Crippen LogP contribution in [0.2, 0.25) is 0 Å². The lowest BCUT2D eigenvalue weighted by atomic mass is 9.74. The number of alkyl halides is 1. The first-order chi connectivity index (χ1) is 35.0. The summed E-state index contributed by atoms with van der Waals surface area (Å²) in [5, 5.41) is 22.5. The summed E-state index contributed by atoms with van der Waals surface area (Å²) in [6, 6.07) is 9.35. The average Bonchev–Trinajstić information content (AvgIpc) is 4.05. The van der Waals surface area contributed by atoms with Crippen molar-refractivity contribution >= 4 is 50.0 Å². The number of sulfone groups is 1. The number of nitrogens with zero attached hydrogens (tertiary/aromatic N) is 8. The number of ether oxygens (including phenoxy) is 5. The fourth-order valence-electron chi connectivity index (χ4n) is 10.7. The SMILES string of the molecule is CO[C@]1(C)C[C@@H](C)C(=O)[C@H](C)[C@H]2N(CCCCn3cnc(-c4cccnc4)c3)OCO[C@]2(C)[C@@H](I)OC(=O)[C@H](C)C(=O)[C@H](C)[C@H]1O[C@@H]1O[C@H](C)C[C@H](N(C)CCc2cn(Cc3ccc(S(C)(=O)=O)cc3)nn2)[C@H]1O. The molecule has 0 amide bonds. The van der Waals surface area contributed by atoms with Crippen LogP contribution in [-0.4, -0.2) is 163 Å². The molecule has 3 aromatic heterocycles. The maximum Gasteiger partial charge on any atom is 0.317 e. The number of ketones is 2. The fourth-order valence-corrected chi connectivity index (χ4v) is 12.1. The molecular formula is C52H73IN8O12S. The highest BCUT2D eigenvalue weighted by Crippen LogP contribution is 2.42. The molecule has 3 saturated heterocycles. The number of carbonyl (C=O) groups excluding carboxylic acids is 3. The van der Waals surface area contributed by atoms with Crippen molar-refractivity contribution in [1.29, 1.82) is 0 Å². The Morgan fingerprint density at radius 2 is 1.72 bits per heavy atom. The van der Waals surface area contributed by atoms with Gasteiger partial charge in [-0.3, -0.25) is 24.2 Å². The molecule has 4 aromatic rings. The summed E-state index contributed by atoms with van der Waals surface area (Å²) in [6.07, 6.45) is 8.99. The number of imidazole rings is 1. The molecule has 13 atom stereocenters. The number of unbranched alkanes of at least 4 members (excludes halogenated alkanes) is 1. The maximum atomic E-state index is 14.9. The molecule has 3 aliphatic heterocycles. The highest BCUT2D eigenvalue weighted by atomic mass is 127. The van der Waals surface area contributed by atoms with E-state index in [0.717, 1.165) is 28.9 Å². The van der Waals surface area contributed by atoms with Crippen molar-refractivity contribution < 1.29 is 56.4 Å². The third-order valence-electron chi connectivity index (χ3n) is 15.1. The van der Waals surface area contributed by atoms with E-state index in [0.29, 0.717) is 45.4 Å². The molecule has 406 valence electrons. The normalized spacial score (nSPS) is 32.0. The van der Waals surface area contributed by atoms with E-state index < -0.39 is 91.2 Å². The number of rotatable bonds is 16. The number of Topliss-reactive ketones (excluding diaryl/α,β-unsaturated/α-hetero) is 2. The second kappa shape index (κ2) is 24.5. The van der Waals surface area contributed by atoms with Crippen molar-refractivity contribution in [2.75, 3.05) is 40.3 Å². The predicted molar refractivity (Wildman–Crippen MR) is 280 cm³/mol. The molecule has 0 radical (unpaired) electrons. The number of methoxy groups -OCH3 is 1. The molecule has 3 aliphatic rings. The highest BCUT2D eigenvalue weighted by molar-refractivity contribution is 14.1. The average molecular weight is 1160 g/mol. The van der Waals surface area contributed by atoms with Gasteiger partial charge in [0, 0.05) is 93.6 Å². The maximum absolute atomic E-state index is 14.9. The number of likely N-dealkylation sites (N-methyl/N-ethyl adjacent to an activating group) is 1. The molecule has 0 unspecified atom stereocenters. The topological polar surface area (TPSA) is 229 Å². The van der Waals surface area contributed by atoms with Gasteiger partial charge in [-0.05, 0) is 113 Å². The van der Waals surface area contributed by atoms with Gasteiger partial charge in [-0.2, -0.15) is 5.06 Å². The molecule has 0 spiro atoms. The number of hydrogen-bond acceptors (Lipinski definition) is 18. The van der Waals surface area contributed by atoms with E-state index >= 15 is 0 Å². The van der Waals surface area contributed by atoms with E-state index in [-0.39, 0.29) is 30.0 Å². The Balaban J connectivity index is 1.05. The second-order valence-corrected chi connectivity index (χ2v) is 24.0. The summed E-state index contributed by atoms with van der Waals surface area (Å²) in [6.45, 7) is 14.3. The van der Waals surface area contributed by atoms with Crippen LogP contribution in [0.5, 0.6) is 0 Å². The number of aryl methyl sites for hydroxylation is 1. The molecule has 74 heavy (non-hydrogen) atoms. The molecule has 3 fully saturated rings. The summed E-state index contributed by atoms with van der Waals surface area (Å²) in [4.78, 5) is 60.9. The van der Waals surface area contributed by atoms with Crippen LogP contribution in [0, 0.1) is 23.7 Å². The van der Waals surface area contributed by atoms with Crippen LogP contribution in [-0.2, 0) is 72.3 Å². The number of hydrogen-bond donors (Lipinski definition) is 1. The lowest BCUT2D eigenvalue weighted by molar-refractivity contribution is -0.356. The molecular weight excluding hydrogens is 1090 g/mol. The van der Waals surface area contributed by atoms with Crippen molar-refractivity contribution in [1.82, 2.24) is 39.5 Å². The van der Waals surface area contributed by atoms with E-state index in [4.69, 9.17) is 28.5 Å². The van der Waals surface area contributed by atoms with Crippen LogP contribution >= 0.6 is 22.6 Å².